The molecule has 24 aromatic rings. The van der Waals surface area contributed by atoms with E-state index < -0.39 is 0 Å². The van der Waals surface area contributed by atoms with E-state index in [0.29, 0.717) is 73.3 Å². The van der Waals surface area contributed by atoms with E-state index in [2.05, 4.69) is 167 Å². The molecule has 0 fully saturated rings. The highest BCUT2D eigenvalue weighted by atomic mass is 15.2. The fourth-order valence-electron chi connectivity index (χ4n) is 18.8. The number of pyridine rings is 3. The molecule has 9 aromatic heterocycles. The molecule has 0 amide bonds. The largest absolute Gasteiger partial charge is 0.294 e. The molecule has 18 nitrogen and oxygen atoms in total. The molecule has 606 valence electrons. The van der Waals surface area contributed by atoms with Gasteiger partial charge in [0.2, 0.25) is 0 Å². The minimum Gasteiger partial charge on any atom is -0.294 e. The lowest BCUT2D eigenvalue weighted by atomic mass is 10.0. The number of hydrogen-bond acceptors (Lipinski definition) is 12. The van der Waals surface area contributed by atoms with Crippen LogP contribution in [0.4, 0.5) is 0 Å². The fourth-order valence-corrected chi connectivity index (χ4v) is 18.8. The van der Waals surface area contributed by atoms with Gasteiger partial charge in [-0.25, -0.2) is 15.0 Å². The summed E-state index contributed by atoms with van der Waals surface area (Å²) in [5.41, 5.74) is 21.8. The molecule has 15 aromatic carbocycles. The van der Waals surface area contributed by atoms with E-state index >= 15 is 0 Å². The Balaban J connectivity index is 0.000000116. The molecule has 0 N–H and O–H groups in total. The normalized spacial score (nSPS) is 11.1. The highest BCUT2D eigenvalue weighted by molar-refractivity contribution is 6.15. The summed E-state index contributed by atoms with van der Waals surface area (Å²) in [6.45, 7) is 0. The zero-order valence-electron chi connectivity index (χ0n) is 69.7. The second-order valence-corrected chi connectivity index (χ2v) is 31.9. The summed E-state index contributed by atoms with van der Waals surface area (Å²) in [5, 5.41) is 99.1. The van der Waals surface area contributed by atoms with Crippen LogP contribution in [0.25, 0.3) is 199 Å². The third-order valence-corrected chi connectivity index (χ3v) is 24.6. The molecule has 0 unspecified atom stereocenters. The molecule has 0 saturated carbocycles. The highest BCUT2D eigenvalue weighted by Gasteiger charge is 2.26. The topological polar surface area (TPSA) is 282 Å². The van der Waals surface area contributed by atoms with Crippen molar-refractivity contribution in [1.82, 2.24) is 42.4 Å². The Morgan fingerprint density at radius 1 is 0.152 bits per heavy atom. The van der Waals surface area contributed by atoms with E-state index in [1.807, 2.05) is 237 Å². The number of nitrogens with zero attached hydrogens (tertiary/aromatic N) is 18. The Hall–Kier alpha value is -20.0. The van der Waals surface area contributed by atoms with Gasteiger partial charge in [0.1, 0.15) is 34.9 Å². The van der Waals surface area contributed by atoms with Crippen molar-refractivity contribution >= 4 is 131 Å². The van der Waals surface area contributed by atoms with Crippen LogP contribution in [0.15, 0.2) is 364 Å². The summed E-state index contributed by atoms with van der Waals surface area (Å²) in [4.78, 5) is 15.9. The van der Waals surface area contributed by atoms with Crippen molar-refractivity contribution in [3.63, 3.8) is 0 Å². The Labute approximate surface area is 752 Å². The van der Waals surface area contributed by atoms with Crippen molar-refractivity contribution < 1.29 is 0 Å². The van der Waals surface area contributed by atoms with Crippen LogP contribution < -0.4 is 0 Å². The van der Waals surface area contributed by atoms with Gasteiger partial charge in [0.15, 0.2) is 0 Å². The molecule has 24 rings (SSSR count). The monoisotopic (exact) mass is 1680 g/mol. The van der Waals surface area contributed by atoms with Crippen molar-refractivity contribution in [1.29, 1.82) is 47.4 Å². The Bertz CT molecular complexity index is 9140. The van der Waals surface area contributed by atoms with E-state index in [4.69, 9.17) is 15.0 Å². The molecule has 0 aliphatic heterocycles. The van der Waals surface area contributed by atoms with Gasteiger partial charge in [-0.1, -0.05) is 152 Å². The number of rotatable bonds is 9. The summed E-state index contributed by atoms with van der Waals surface area (Å²) in [6, 6.07) is 139. The SMILES string of the molecule is N#Cc1ccc(-c2cc(-n3c4ccccc4c4ccccc43)nc(-n3c4ccc(C#N)cc4c4cc(C#N)ccc43)c2)cc1.N#Cc1ccc2c(c1)c1cc(C#N)ccc1n2-c1cc(-c2ccccc2C#N)cc(-n2c3ccccc3c3ccccc32)n1.N#Cc1cccc(-c2cc(-n3c4ccccc4c4ccccc43)nc(-n3c4ccc(C#N)cc4c4cc(C#N)ccc43)c2)c1. The molecule has 132 heavy (non-hydrogen) atoms. The van der Waals surface area contributed by atoms with E-state index in [-0.39, 0.29) is 0 Å². The number of hydrogen-bond donors (Lipinski definition) is 0. The Kier molecular flexibility index (Phi) is 18.9. The van der Waals surface area contributed by atoms with Crippen molar-refractivity contribution in [2.75, 3.05) is 0 Å². The average molecular weight is 1680 g/mol. The molecular weight excluding hydrogens is 1620 g/mol. The number of nitriles is 9. The van der Waals surface area contributed by atoms with Gasteiger partial charge < -0.3 is 0 Å². The van der Waals surface area contributed by atoms with Gasteiger partial charge in [-0.2, -0.15) is 47.4 Å². The summed E-state index contributed by atoms with van der Waals surface area (Å²) in [5.74, 6) is 4.21. The average Bonchev–Trinajstić information content (AvgIpc) is 1.57. The van der Waals surface area contributed by atoms with Crippen LogP contribution in [0, 0.1) is 102 Å². The predicted octanol–water partition coefficient (Wildman–Crippen LogP) is 25.7. The second kappa shape index (κ2) is 31.9. The maximum atomic E-state index is 10.0. The van der Waals surface area contributed by atoms with Gasteiger partial charge in [-0.15, -0.1) is 0 Å². The van der Waals surface area contributed by atoms with Crippen LogP contribution in [0.5, 0.6) is 0 Å². The molecule has 0 radical (unpaired) electrons. The number of aromatic nitrogens is 9. The van der Waals surface area contributed by atoms with E-state index in [1.165, 1.54) is 0 Å². The minimum absolute atomic E-state index is 0.537. The van der Waals surface area contributed by atoms with E-state index in [0.717, 1.165) is 176 Å². The van der Waals surface area contributed by atoms with Crippen molar-refractivity contribution in [3.8, 4) is 123 Å². The molecule has 0 aliphatic carbocycles. The summed E-state index contributed by atoms with van der Waals surface area (Å²) in [6.07, 6.45) is 0. The first-order chi connectivity index (χ1) is 65.0. The quantitative estimate of drug-likeness (QED) is 0.130. The Morgan fingerprint density at radius 2 is 0.379 bits per heavy atom. The van der Waals surface area contributed by atoms with Crippen LogP contribution in [0.1, 0.15) is 50.1 Å². The zero-order valence-corrected chi connectivity index (χ0v) is 69.7. The predicted molar refractivity (Wildman–Crippen MR) is 517 cm³/mol. The van der Waals surface area contributed by atoms with Crippen molar-refractivity contribution in [3.05, 3.63) is 414 Å². The Morgan fingerprint density at radius 3 is 0.652 bits per heavy atom. The summed E-state index contributed by atoms with van der Waals surface area (Å²) < 4.78 is 12.8. The number of para-hydroxylation sites is 6. The van der Waals surface area contributed by atoms with Crippen LogP contribution in [0.3, 0.4) is 0 Å². The van der Waals surface area contributed by atoms with Crippen LogP contribution in [-0.2, 0) is 0 Å². The van der Waals surface area contributed by atoms with Gasteiger partial charge in [0, 0.05) is 64.6 Å². The maximum absolute atomic E-state index is 10.0. The first kappa shape index (κ1) is 78.0. The second-order valence-electron chi connectivity index (χ2n) is 31.9. The third kappa shape index (κ3) is 13.0. The molecule has 0 saturated heterocycles. The van der Waals surface area contributed by atoms with Gasteiger partial charge >= 0.3 is 0 Å². The molecular formula is C114H60N18. The van der Waals surface area contributed by atoms with Gasteiger partial charge in [-0.3, -0.25) is 27.4 Å². The van der Waals surface area contributed by atoms with E-state index in [1.54, 1.807) is 42.5 Å². The van der Waals surface area contributed by atoms with Crippen LogP contribution in [0.2, 0.25) is 0 Å². The highest BCUT2D eigenvalue weighted by Crippen LogP contribution is 2.44. The van der Waals surface area contributed by atoms with Crippen LogP contribution in [-0.4, -0.2) is 42.4 Å². The number of fused-ring (bicyclic) bond motifs is 18. The standard InChI is InChI=1S/3C38H20N6/c39-21-24-6-5-7-27(16-24)28-19-37(43-33-10-3-1-8-29(33)30-9-2-4-11-34(30)43)42-38(20-28)44-35-14-12-25(22-40)17-31(35)32-18-26(23-41)13-15-36(32)44;39-21-24-9-13-27(14-10-24)28-19-37(43-33-7-3-1-5-29(33)30-6-2-4-8-34(30)43)42-38(20-28)44-35-15-11-25(22-40)17-31(35)32-18-26(23-41)12-16-36(32)44;39-21-24-13-15-35-31(17-24)32-18-25(22-40)14-16-36(32)44(35)38-20-27(28-8-2-1-7-26(28)23-41)19-37(42-38)43-33-11-5-3-9-29(33)30-10-4-6-12-34(30)43/h3*1-20H. The summed E-state index contributed by atoms with van der Waals surface area (Å²) >= 11 is 0. The van der Waals surface area contributed by atoms with E-state index in [9.17, 15) is 47.4 Å². The first-order valence-electron chi connectivity index (χ1n) is 42.2. The van der Waals surface area contributed by atoms with Gasteiger partial charge in [-0.05, 0) is 246 Å². The van der Waals surface area contributed by atoms with Crippen molar-refractivity contribution in [2.24, 2.45) is 0 Å². The van der Waals surface area contributed by atoms with Crippen molar-refractivity contribution in [2.45, 2.75) is 0 Å². The lowest BCUT2D eigenvalue weighted by Gasteiger charge is -2.15. The zero-order chi connectivity index (χ0) is 89.4. The van der Waals surface area contributed by atoms with Crippen LogP contribution >= 0.6 is 0 Å². The summed E-state index contributed by atoms with van der Waals surface area (Å²) in [7, 11) is 0. The third-order valence-electron chi connectivity index (χ3n) is 24.6. The maximum Gasteiger partial charge on any atom is 0.140 e. The molecule has 0 aliphatic rings. The lowest BCUT2D eigenvalue weighted by Crippen LogP contribution is -2.04. The minimum atomic E-state index is 0.537. The molecule has 18 heteroatoms. The molecule has 0 bridgehead atoms. The molecule has 0 atom stereocenters. The molecule has 0 spiro atoms. The fraction of sp³-hybridized carbons (Fsp3) is 0. The van der Waals surface area contributed by atoms with Gasteiger partial charge in [0.05, 0.1) is 171 Å². The molecule has 9 heterocycles. The lowest BCUT2D eigenvalue weighted by molar-refractivity contribution is 1.01. The smallest absolute Gasteiger partial charge is 0.140 e. The first-order valence-corrected chi connectivity index (χ1v) is 42.2. The number of benzene rings is 15. The van der Waals surface area contributed by atoms with Gasteiger partial charge in [0.25, 0.3) is 0 Å².